The molecule has 0 fully saturated rings. The zero-order valence-electron chi connectivity index (χ0n) is 12.5. The third kappa shape index (κ3) is 2.77. The minimum absolute atomic E-state index is 0.204. The maximum atomic E-state index is 12.3. The van der Waals surface area contributed by atoms with Crippen LogP contribution in [0.25, 0.3) is 0 Å². The summed E-state index contributed by atoms with van der Waals surface area (Å²) in [6.07, 6.45) is 0.587. The average molecular weight is 297 g/mol. The van der Waals surface area contributed by atoms with E-state index in [1.54, 1.807) is 12.1 Å². The van der Waals surface area contributed by atoms with E-state index < -0.39 is 0 Å². The zero-order valence-corrected chi connectivity index (χ0v) is 12.5. The van der Waals surface area contributed by atoms with Crippen LogP contribution in [0.3, 0.4) is 0 Å². The maximum Gasteiger partial charge on any atom is 0.329 e. The van der Waals surface area contributed by atoms with Crippen LogP contribution in [-0.4, -0.2) is 23.7 Å². The Morgan fingerprint density at radius 2 is 2.00 bits per heavy atom. The second kappa shape index (κ2) is 6.10. The van der Waals surface area contributed by atoms with Gasteiger partial charge in [0, 0.05) is 18.7 Å². The van der Waals surface area contributed by atoms with Gasteiger partial charge in [-0.1, -0.05) is 24.3 Å². The minimum atomic E-state index is -0.334. The van der Waals surface area contributed by atoms with Crippen molar-refractivity contribution in [1.82, 2.24) is 0 Å². The van der Waals surface area contributed by atoms with Gasteiger partial charge in [0.05, 0.1) is 6.61 Å². The predicted octanol–water partition coefficient (Wildman–Crippen LogP) is 2.89. The third-order valence-corrected chi connectivity index (χ3v) is 3.97. The number of rotatable bonds is 3. The summed E-state index contributed by atoms with van der Waals surface area (Å²) in [7, 11) is 0. The Morgan fingerprint density at radius 3 is 2.73 bits per heavy atom. The molecule has 2 aromatic rings. The van der Waals surface area contributed by atoms with Gasteiger partial charge < -0.3 is 14.7 Å². The first-order valence-corrected chi connectivity index (χ1v) is 7.48. The fraction of sp³-hybridized carbons (Fsp3) is 0.278. The largest absolute Gasteiger partial charge is 0.508 e. The van der Waals surface area contributed by atoms with E-state index in [9.17, 15) is 9.90 Å². The smallest absolute Gasteiger partial charge is 0.329 e. The summed E-state index contributed by atoms with van der Waals surface area (Å²) < 4.78 is 5.24. The van der Waals surface area contributed by atoms with Gasteiger partial charge >= 0.3 is 5.97 Å². The second-order valence-corrected chi connectivity index (χ2v) is 5.39. The molecule has 0 aromatic heterocycles. The van der Waals surface area contributed by atoms with Crippen molar-refractivity contribution >= 4 is 11.7 Å². The lowest BCUT2D eigenvalue weighted by atomic mass is 9.93. The number of esters is 1. The number of hydrogen-bond acceptors (Lipinski definition) is 4. The number of hydrogen-bond donors (Lipinski definition) is 1. The van der Waals surface area contributed by atoms with E-state index in [-0.39, 0.29) is 17.8 Å². The molecule has 1 unspecified atom stereocenters. The second-order valence-electron chi connectivity index (χ2n) is 5.39. The number of phenols is 1. The van der Waals surface area contributed by atoms with Gasteiger partial charge in [-0.05, 0) is 42.3 Å². The molecule has 0 spiro atoms. The number of benzene rings is 2. The van der Waals surface area contributed by atoms with Crippen molar-refractivity contribution in [2.45, 2.75) is 25.9 Å². The predicted molar refractivity (Wildman–Crippen MR) is 84.9 cm³/mol. The molecule has 0 saturated heterocycles. The molecule has 0 amide bonds. The molecule has 1 aliphatic rings. The minimum Gasteiger partial charge on any atom is -0.508 e. The first-order valence-electron chi connectivity index (χ1n) is 7.48. The molecule has 0 saturated carbocycles. The Bertz CT molecular complexity index is 669. The number of ether oxygens (including phenoxy) is 1. The van der Waals surface area contributed by atoms with Crippen molar-refractivity contribution in [2.75, 3.05) is 11.5 Å². The van der Waals surface area contributed by atoms with Gasteiger partial charge in [0.2, 0.25) is 0 Å². The van der Waals surface area contributed by atoms with Crippen LogP contribution < -0.4 is 4.90 Å². The molecule has 1 heterocycles. The van der Waals surface area contributed by atoms with Gasteiger partial charge in [0.25, 0.3) is 0 Å². The molecule has 1 atom stereocenters. The van der Waals surface area contributed by atoms with Crippen LogP contribution >= 0.6 is 0 Å². The number of para-hydroxylation sites is 1. The third-order valence-electron chi connectivity index (χ3n) is 3.97. The van der Waals surface area contributed by atoms with E-state index in [1.807, 2.05) is 48.2 Å². The lowest BCUT2D eigenvalue weighted by molar-refractivity contribution is -0.144. The van der Waals surface area contributed by atoms with E-state index >= 15 is 0 Å². The highest BCUT2D eigenvalue weighted by molar-refractivity contribution is 5.81. The summed E-state index contributed by atoms with van der Waals surface area (Å²) >= 11 is 0. The zero-order chi connectivity index (χ0) is 15.5. The van der Waals surface area contributed by atoms with Crippen LogP contribution in [0.2, 0.25) is 0 Å². The van der Waals surface area contributed by atoms with Crippen molar-refractivity contribution in [3.8, 4) is 5.75 Å². The van der Waals surface area contributed by atoms with Gasteiger partial charge in [0.1, 0.15) is 11.8 Å². The number of aromatic hydroxyl groups is 1. The highest BCUT2D eigenvalue weighted by atomic mass is 16.5. The number of phenolic OH excluding ortho intramolecular Hbond substituents is 1. The van der Waals surface area contributed by atoms with Crippen LogP contribution in [0.15, 0.2) is 48.5 Å². The molecule has 1 aliphatic heterocycles. The SMILES string of the molecule is CCOC(=O)C1Cc2ccc(O)cc2CN1c1ccccc1. The summed E-state index contributed by atoms with van der Waals surface area (Å²) in [5.41, 5.74) is 3.11. The van der Waals surface area contributed by atoms with Crippen molar-refractivity contribution in [1.29, 1.82) is 0 Å². The summed E-state index contributed by atoms with van der Waals surface area (Å²) in [6.45, 7) is 2.77. The van der Waals surface area contributed by atoms with Crippen LogP contribution in [0.1, 0.15) is 18.1 Å². The number of anilines is 1. The van der Waals surface area contributed by atoms with E-state index in [4.69, 9.17) is 4.74 Å². The van der Waals surface area contributed by atoms with E-state index in [0.29, 0.717) is 19.6 Å². The molecule has 114 valence electrons. The Morgan fingerprint density at radius 1 is 1.23 bits per heavy atom. The van der Waals surface area contributed by atoms with Gasteiger partial charge in [-0.3, -0.25) is 0 Å². The number of carbonyl (C=O) groups is 1. The maximum absolute atomic E-state index is 12.3. The van der Waals surface area contributed by atoms with Crippen molar-refractivity contribution in [3.63, 3.8) is 0 Å². The quantitative estimate of drug-likeness (QED) is 0.885. The molecule has 0 radical (unpaired) electrons. The Kier molecular flexibility index (Phi) is 4.00. The molecular weight excluding hydrogens is 278 g/mol. The molecule has 0 bridgehead atoms. The molecule has 4 heteroatoms. The van der Waals surface area contributed by atoms with Crippen LogP contribution in [0, 0.1) is 0 Å². The topological polar surface area (TPSA) is 49.8 Å². The molecule has 3 rings (SSSR count). The van der Waals surface area contributed by atoms with Gasteiger partial charge in [-0.2, -0.15) is 0 Å². The fourth-order valence-electron chi connectivity index (χ4n) is 2.91. The molecular formula is C18H19NO3. The van der Waals surface area contributed by atoms with Crippen LogP contribution in [0.4, 0.5) is 5.69 Å². The van der Waals surface area contributed by atoms with Gasteiger partial charge in [-0.15, -0.1) is 0 Å². The standard InChI is InChI=1S/C18H19NO3/c1-2-22-18(21)17-11-13-8-9-16(20)10-14(13)12-19(17)15-6-4-3-5-7-15/h3-10,17,20H,2,11-12H2,1H3. The van der Waals surface area contributed by atoms with E-state index in [2.05, 4.69) is 0 Å². The summed E-state index contributed by atoms with van der Waals surface area (Å²) in [4.78, 5) is 14.4. The van der Waals surface area contributed by atoms with Gasteiger partial charge in [0.15, 0.2) is 0 Å². The van der Waals surface area contributed by atoms with Crippen LogP contribution in [-0.2, 0) is 22.5 Å². The number of fused-ring (bicyclic) bond motifs is 1. The Labute approximate surface area is 130 Å². The fourth-order valence-corrected chi connectivity index (χ4v) is 2.91. The molecule has 0 aliphatic carbocycles. The first-order chi connectivity index (χ1) is 10.7. The number of nitrogens with zero attached hydrogens (tertiary/aromatic N) is 1. The van der Waals surface area contributed by atoms with Crippen molar-refractivity contribution in [2.24, 2.45) is 0 Å². The molecule has 22 heavy (non-hydrogen) atoms. The first kappa shape index (κ1) is 14.4. The average Bonchev–Trinajstić information content (AvgIpc) is 2.54. The van der Waals surface area contributed by atoms with Crippen molar-refractivity contribution in [3.05, 3.63) is 59.7 Å². The molecule has 1 N–H and O–H groups in total. The Balaban J connectivity index is 1.98. The highest BCUT2D eigenvalue weighted by Gasteiger charge is 2.32. The normalized spacial score (nSPS) is 17.0. The molecule has 2 aromatic carbocycles. The highest BCUT2D eigenvalue weighted by Crippen LogP contribution is 2.30. The number of carbonyl (C=O) groups excluding carboxylic acids is 1. The van der Waals surface area contributed by atoms with E-state index in [1.165, 1.54) is 0 Å². The lowest BCUT2D eigenvalue weighted by Gasteiger charge is -2.37. The van der Waals surface area contributed by atoms with Gasteiger partial charge in [-0.25, -0.2) is 4.79 Å². The molecule has 4 nitrogen and oxygen atoms in total. The summed E-state index contributed by atoms with van der Waals surface area (Å²) in [5.74, 6) is 0.0476. The monoisotopic (exact) mass is 297 g/mol. The lowest BCUT2D eigenvalue weighted by Crippen LogP contribution is -2.46. The van der Waals surface area contributed by atoms with Crippen molar-refractivity contribution < 1.29 is 14.6 Å². The summed E-state index contributed by atoms with van der Waals surface area (Å²) in [6, 6.07) is 14.8. The van der Waals surface area contributed by atoms with Crippen LogP contribution in [0.5, 0.6) is 5.75 Å². The Hall–Kier alpha value is -2.49. The van der Waals surface area contributed by atoms with E-state index in [0.717, 1.165) is 16.8 Å². The summed E-state index contributed by atoms with van der Waals surface area (Å²) in [5, 5.41) is 9.69.